The zero-order chi connectivity index (χ0) is 18.1. The van der Waals surface area contributed by atoms with Gasteiger partial charge in [0.05, 0.1) is 27.6 Å². The van der Waals surface area contributed by atoms with Crippen LogP contribution >= 0.6 is 23.2 Å². The highest BCUT2D eigenvalue weighted by Crippen LogP contribution is 2.23. The molecule has 0 aliphatic rings. The average Bonchev–Trinajstić information content (AvgIpc) is 2.84. The second kappa shape index (κ2) is 6.92. The molecular weight excluding hydrogens is 365 g/mol. The van der Waals surface area contributed by atoms with Gasteiger partial charge in [0, 0.05) is 7.05 Å². The van der Waals surface area contributed by atoms with Gasteiger partial charge in [-0.1, -0.05) is 41.4 Å². The van der Waals surface area contributed by atoms with Crippen LogP contribution in [-0.2, 0) is 17.9 Å². The molecule has 3 rings (SSSR count). The van der Waals surface area contributed by atoms with Crippen molar-refractivity contribution in [1.82, 2.24) is 14.2 Å². The number of aromatic nitrogens is 2. The summed E-state index contributed by atoms with van der Waals surface area (Å²) in [5.41, 5.74) is 1.77. The van der Waals surface area contributed by atoms with Crippen LogP contribution in [0.2, 0.25) is 10.0 Å². The lowest BCUT2D eigenvalue weighted by molar-refractivity contribution is -0.159. The number of fused-ring (bicyclic) bond motifs is 1. The number of hydrogen-bond donors (Lipinski definition) is 1. The normalized spacial score (nSPS) is 11.0. The molecule has 0 saturated heterocycles. The van der Waals surface area contributed by atoms with Gasteiger partial charge in [-0.3, -0.25) is 19.1 Å². The van der Waals surface area contributed by atoms with Crippen LogP contribution < -0.4 is 5.69 Å². The van der Waals surface area contributed by atoms with Gasteiger partial charge >= 0.3 is 5.69 Å². The van der Waals surface area contributed by atoms with E-state index in [4.69, 9.17) is 23.2 Å². The largest absolute Gasteiger partial charge is 0.329 e. The third kappa shape index (κ3) is 3.42. The molecule has 1 aromatic heterocycles. The molecule has 0 fully saturated rings. The van der Waals surface area contributed by atoms with Crippen LogP contribution in [0.25, 0.3) is 11.0 Å². The van der Waals surface area contributed by atoms with E-state index in [2.05, 4.69) is 0 Å². The van der Waals surface area contributed by atoms with E-state index in [0.717, 1.165) is 5.56 Å². The van der Waals surface area contributed by atoms with Crippen LogP contribution in [-0.4, -0.2) is 32.4 Å². The maximum Gasteiger partial charge on any atom is 0.329 e. The highest BCUT2D eigenvalue weighted by atomic mass is 35.5. The SMILES string of the molecule is CN(O)C(=O)Cn1c(=O)n(Cc2ccc(Cl)c(Cl)c2)c2ccccc21. The first-order valence-corrected chi connectivity index (χ1v) is 8.21. The summed E-state index contributed by atoms with van der Waals surface area (Å²) >= 11 is 12.0. The zero-order valence-corrected chi connectivity index (χ0v) is 14.8. The van der Waals surface area contributed by atoms with Crippen LogP contribution in [0.5, 0.6) is 0 Å². The molecule has 1 heterocycles. The predicted octanol–water partition coefficient (Wildman–Crippen LogP) is 3.01. The number of carbonyl (C=O) groups is 1. The number of nitrogens with zero attached hydrogens (tertiary/aromatic N) is 3. The summed E-state index contributed by atoms with van der Waals surface area (Å²) in [6.45, 7) is 0.0348. The fraction of sp³-hybridized carbons (Fsp3) is 0.176. The number of likely N-dealkylation sites (N-methyl/N-ethyl adjacent to an activating group) is 1. The van der Waals surface area contributed by atoms with E-state index < -0.39 is 5.91 Å². The summed E-state index contributed by atoms with van der Waals surface area (Å²) in [4.78, 5) is 24.6. The van der Waals surface area contributed by atoms with Gasteiger partial charge in [0.15, 0.2) is 0 Å². The molecule has 0 unspecified atom stereocenters. The maximum absolute atomic E-state index is 12.8. The minimum atomic E-state index is -0.584. The second-order valence-electron chi connectivity index (χ2n) is 5.61. The molecule has 2 aromatic carbocycles. The lowest BCUT2D eigenvalue weighted by Gasteiger charge is -2.08. The van der Waals surface area contributed by atoms with Crippen molar-refractivity contribution in [3.8, 4) is 0 Å². The Labute approximate surface area is 153 Å². The topological polar surface area (TPSA) is 67.5 Å². The van der Waals surface area contributed by atoms with Crippen LogP contribution in [0.15, 0.2) is 47.3 Å². The van der Waals surface area contributed by atoms with Crippen molar-refractivity contribution in [3.05, 3.63) is 68.6 Å². The van der Waals surface area contributed by atoms with Crippen LogP contribution in [0.3, 0.4) is 0 Å². The van der Waals surface area contributed by atoms with Gasteiger partial charge in [0.25, 0.3) is 5.91 Å². The standard InChI is InChI=1S/C17H15Cl2N3O3/c1-20(25)16(23)10-22-15-5-3-2-4-14(15)21(17(22)24)9-11-6-7-12(18)13(19)8-11/h2-8,25H,9-10H2,1H3. The molecule has 0 aliphatic carbocycles. The monoisotopic (exact) mass is 379 g/mol. The van der Waals surface area contributed by atoms with Crippen LogP contribution in [0.1, 0.15) is 5.56 Å². The molecule has 3 aromatic rings. The Balaban J connectivity index is 2.09. The Kier molecular flexibility index (Phi) is 4.85. The molecule has 1 amide bonds. The minimum Gasteiger partial charge on any atom is -0.287 e. The number of amides is 1. The number of rotatable bonds is 4. The Bertz CT molecular complexity index is 1010. The lowest BCUT2D eigenvalue weighted by Crippen LogP contribution is -2.32. The van der Waals surface area contributed by atoms with Crippen molar-refractivity contribution in [2.45, 2.75) is 13.1 Å². The van der Waals surface area contributed by atoms with E-state index in [1.165, 1.54) is 11.6 Å². The fourth-order valence-corrected chi connectivity index (χ4v) is 2.96. The number of hydrogen-bond acceptors (Lipinski definition) is 3. The zero-order valence-electron chi connectivity index (χ0n) is 13.3. The molecule has 0 spiro atoms. The Morgan fingerprint density at radius 1 is 1.08 bits per heavy atom. The molecule has 8 heteroatoms. The smallest absolute Gasteiger partial charge is 0.287 e. The Morgan fingerprint density at radius 3 is 2.32 bits per heavy atom. The minimum absolute atomic E-state index is 0.249. The van der Waals surface area contributed by atoms with Gasteiger partial charge < -0.3 is 0 Å². The Morgan fingerprint density at radius 2 is 1.72 bits per heavy atom. The van der Waals surface area contributed by atoms with Gasteiger partial charge in [-0.15, -0.1) is 0 Å². The van der Waals surface area contributed by atoms with Gasteiger partial charge in [-0.25, -0.2) is 9.86 Å². The number of hydroxylamine groups is 2. The summed E-state index contributed by atoms with van der Waals surface area (Å²) in [6, 6.07) is 12.3. The number of carbonyl (C=O) groups excluding carboxylic acids is 1. The van der Waals surface area contributed by atoms with E-state index >= 15 is 0 Å². The highest BCUT2D eigenvalue weighted by molar-refractivity contribution is 6.42. The first-order chi connectivity index (χ1) is 11.9. The third-order valence-corrected chi connectivity index (χ3v) is 4.64. The molecule has 25 heavy (non-hydrogen) atoms. The predicted molar refractivity (Wildman–Crippen MR) is 96.3 cm³/mol. The third-order valence-electron chi connectivity index (χ3n) is 3.90. The molecule has 0 aliphatic heterocycles. The number of imidazole rings is 1. The fourth-order valence-electron chi connectivity index (χ4n) is 2.64. The van der Waals surface area contributed by atoms with Gasteiger partial charge in [0.1, 0.15) is 6.54 Å². The quantitative estimate of drug-likeness (QED) is 0.559. The highest BCUT2D eigenvalue weighted by Gasteiger charge is 2.17. The molecular formula is C17H15Cl2N3O3. The van der Waals surface area contributed by atoms with E-state index in [0.29, 0.717) is 26.1 Å². The molecule has 6 nitrogen and oxygen atoms in total. The van der Waals surface area contributed by atoms with Gasteiger partial charge in [0.2, 0.25) is 0 Å². The van der Waals surface area contributed by atoms with Crippen LogP contribution in [0.4, 0.5) is 0 Å². The van der Waals surface area contributed by atoms with Crippen molar-refractivity contribution in [2.24, 2.45) is 0 Å². The molecule has 1 N–H and O–H groups in total. The van der Waals surface area contributed by atoms with Gasteiger partial charge in [-0.2, -0.15) is 0 Å². The molecule has 130 valence electrons. The first kappa shape index (κ1) is 17.5. The molecule has 0 saturated carbocycles. The first-order valence-electron chi connectivity index (χ1n) is 7.46. The lowest BCUT2D eigenvalue weighted by atomic mass is 10.2. The molecule has 0 atom stereocenters. The second-order valence-corrected chi connectivity index (χ2v) is 6.42. The number of halogens is 2. The summed E-state index contributed by atoms with van der Waals surface area (Å²) in [6.07, 6.45) is 0. The summed E-state index contributed by atoms with van der Waals surface area (Å²) in [5, 5.41) is 10.6. The molecule has 0 bridgehead atoms. The summed E-state index contributed by atoms with van der Waals surface area (Å²) in [5.74, 6) is -0.584. The average molecular weight is 380 g/mol. The van der Waals surface area contributed by atoms with Crippen molar-refractivity contribution >= 4 is 40.1 Å². The van der Waals surface area contributed by atoms with Crippen LogP contribution in [0, 0.1) is 0 Å². The maximum atomic E-state index is 12.8. The van der Waals surface area contributed by atoms with E-state index in [9.17, 15) is 14.8 Å². The molecule has 0 radical (unpaired) electrons. The van der Waals surface area contributed by atoms with E-state index in [1.54, 1.807) is 41.0 Å². The van der Waals surface area contributed by atoms with Crippen molar-refractivity contribution in [1.29, 1.82) is 0 Å². The van der Waals surface area contributed by atoms with E-state index in [-0.39, 0.29) is 18.8 Å². The van der Waals surface area contributed by atoms with Crippen molar-refractivity contribution in [3.63, 3.8) is 0 Å². The summed E-state index contributed by atoms with van der Waals surface area (Å²) < 4.78 is 2.89. The number of para-hydroxylation sites is 2. The van der Waals surface area contributed by atoms with E-state index in [1.807, 2.05) is 6.07 Å². The van der Waals surface area contributed by atoms with Crippen molar-refractivity contribution < 1.29 is 10.0 Å². The number of benzene rings is 2. The Hall–Kier alpha value is -2.28. The van der Waals surface area contributed by atoms with Gasteiger partial charge in [-0.05, 0) is 29.8 Å². The van der Waals surface area contributed by atoms with Crippen molar-refractivity contribution in [2.75, 3.05) is 7.05 Å². The summed E-state index contributed by atoms with van der Waals surface area (Å²) in [7, 11) is 1.22.